The predicted molar refractivity (Wildman–Crippen MR) is 78.1 cm³/mol. The topological polar surface area (TPSA) is 24.5 Å². The molecule has 0 radical (unpaired) electrons. The van der Waals surface area contributed by atoms with Crippen LogP contribution in [0.25, 0.3) is 0 Å². The van der Waals surface area contributed by atoms with E-state index in [9.17, 15) is 0 Å². The molecule has 0 aromatic carbocycles. The summed E-state index contributed by atoms with van der Waals surface area (Å²) >= 11 is 0. The minimum absolute atomic E-state index is 0.374. The van der Waals surface area contributed by atoms with Gasteiger partial charge < -0.3 is 10.1 Å². The fourth-order valence-corrected chi connectivity index (χ4v) is 2.58. The summed E-state index contributed by atoms with van der Waals surface area (Å²) in [7, 11) is 0. The average molecular weight is 256 g/mol. The van der Waals surface area contributed by atoms with Crippen LogP contribution in [0.1, 0.15) is 53.4 Å². The highest BCUT2D eigenvalue weighted by Gasteiger charge is 2.28. The zero-order valence-corrected chi connectivity index (χ0v) is 12.7. The fraction of sp³-hybridized carbons (Fsp3) is 1.00. The molecule has 2 unspecified atom stereocenters. The molecule has 0 aromatic heterocycles. The van der Waals surface area contributed by atoms with E-state index in [1.165, 1.54) is 25.7 Å². The smallest absolute Gasteiger partial charge is 0.0855 e. The molecule has 1 heterocycles. The Labute approximate surface area is 113 Å². The molecule has 0 bridgehead atoms. The SMILES string of the molecule is CCCCC(NCCC)C1CN(C(C)C)CCO1. The standard InChI is InChI=1S/C15H32N2O/c1-5-7-8-14(16-9-6-2)15-12-17(13(3)4)10-11-18-15/h13-16H,5-12H2,1-4H3. The van der Waals surface area contributed by atoms with E-state index in [1.54, 1.807) is 0 Å². The molecule has 1 saturated heterocycles. The van der Waals surface area contributed by atoms with Crippen LogP contribution < -0.4 is 5.32 Å². The molecular formula is C15H32N2O. The second-order valence-electron chi connectivity index (χ2n) is 5.70. The average Bonchev–Trinajstić information content (AvgIpc) is 2.39. The first kappa shape index (κ1) is 15.9. The Bertz CT molecular complexity index is 201. The summed E-state index contributed by atoms with van der Waals surface area (Å²) in [6.45, 7) is 13.2. The highest BCUT2D eigenvalue weighted by atomic mass is 16.5. The molecule has 0 aliphatic carbocycles. The quantitative estimate of drug-likeness (QED) is 0.722. The highest BCUT2D eigenvalue weighted by Crippen LogP contribution is 2.15. The van der Waals surface area contributed by atoms with Gasteiger partial charge in [0.15, 0.2) is 0 Å². The number of morpholine rings is 1. The summed E-state index contributed by atoms with van der Waals surface area (Å²) in [5.74, 6) is 0. The van der Waals surface area contributed by atoms with Crippen LogP contribution in [-0.4, -0.2) is 49.3 Å². The third-order valence-electron chi connectivity index (χ3n) is 3.83. The first-order valence-electron chi connectivity index (χ1n) is 7.78. The molecule has 0 spiro atoms. The molecule has 1 aliphatic heterocycles. The van der Waals surface area contributed by atoms with Crippen LogP contribution in [0, 0.1) is 0 Å². The Morgan fingerprint density at radius 3 is 2.67 bits per heavy atom. The van der Waals surface area contributed by atoms with Crippen molar-refractivity contribution in [2.75, 3.05) is 26.2 Å². The number of nitrogens with one attached hydrogen (secondary N) is 1. The Morgan fingerprint density at radius 1 is 1.28 bits per heavy atom. The van der Waals surface area contributed by atoms with Crippen molar-refractivity contribution in [1.29, 1.82) is 0 Å². The normalized spacial score (nSPS) is 23.5. The molecule has 1 N–H and O–H groups in total. The van der Waals surface area contributed by atoms with Crippen molar-refractivity contribution in [3.05, 3.63) is 0 Å². The van der Waals surface area contributed by atoms with E-state index in [4.69, 9.17) is 4.74 Å². The van der Waals surface area contributed by atoms with Crippen LogP contribution in [0.4, 0.5) is 0 Å². The maximum Gasteiger partial charge on any atom is 0.0855 e. The molecule has 108 valence electrons. The fourth-order valence-electron chi connectivity index (χ4n) is 2.58. The molecule has 0 saturated carbocycles. The van der Waals surface area contributed by atoms with Crippen molar-refractivity contribution in [3.8, 4) is 0 Å². The Kier molecular flexibility index (Phi) is 7.87. The van der Waals surface area contributed by atoms with Gasteiger partial charge in [-0.2, -0.15) is 0 Å². The van der Waals surface area contributed by atoms with E-state index in [0.717, 1.165) is 26.2 Å². The highest BCUT2D eigenvalue weighted by molar-refractivity contribution is 4.84. The third-order valence-corrected chi connectivity index (χ3v) is 3.83. The summed E-state index contributed by atoms with van der Waals surface area (Å²) < 4.78 is 6.01. The van der Waals surface area contributed by atoms with E-state index in [-0.39, 0.29) is 0 Å². The molecule has 0 aromatic rings. The van der Waals surface area contributed by atoms with Crippen LogP contribution in [0.2, 0.25) is 0 Å². The summed E-state index contributed by atoms with van der Waals surface area (Å²) in [6.07, 6.45) is 5.38. The number of ether oxygens (including phenoxy) is 1. The van der Waals surface area contributed by atoms with Crippen LogP contribution in [0.15, 0.2) is 0 Å². The Morgan fingerprint density at radius 2 is 2.06 bits per heavy atom. The van der Waals surface area contributed by atoms with Gasteiger partial charge in [-0.3, -0.25) is 4.90 Å². The predicted octanol–water partition coefficient (Wildman–Crippen LogP) is 2.65. The summed E-state index contributed by atoms with van der Waals surface area (Å²) in [6, 6.07) is 1.17. The molecule has 1 fully saturated rings. The zero-order chi connectivity index (χ0) is 13.4. The largest absolute Gasteiger partial charge is 0.374 e. The number of rotatable bonds is 8. The molecule has 0 amide bonds. The molecule has 1 rings (SSSR count). The van der Waals surface area contributed by atoms with Crippen molar-refractivity contribution in [2.45, 2.75) is 71.6 Å². The van der Waals surface area contributed by atoms with Crippen molar-refractivity contribution in [1.82, 2.24) is 10.2 Å². The van der Waals surface area contributed by atoms with Gasteiger partial charge in [0.2, 0.25) is 0 Å². The summed E-state index contributed by atoms with van der Waals surface area (Å²) in [5, 5.41) is 3.68. The van der Waals surface area contributed by atoms with E-state index in [2.05, 4.69) is 37.9 Å². The summed E-state index contributed by atoms with van der Waals surface area (Å²) in [4.78, 5) is 2.54. The molecular weight excluding hydrogens is 224 g/mol. The number of unbranched alkanes of at least 4 members (excludes halogenated alkanes) is 1. The van der Waals surface area contributed by atoms with Gasteiger partial charge in [-0.25, -0.2) is 0 Å². The first-order chi connectivity index (χ1) is 8.69. The van der Waals surface area contributed by atoms with Gasteiger partial charge in [-0.05, 0) is 33.2 Å². The molecule has 3 nitrogen and oxygen atoms in total. The monoisotopic (exact) mass is 256 g/mol. The van der Waals surface area contributed by atoms with Gasteiger partial charge in [0.1, 0.15) is 0 Å². The lowest BCUT2D eigenvalue weighted by atomic mass is 10.0. The molecule has 18 heavy (non-hydrogen) atoms. The van der Waals surface area contributed by atoms with E-state index in [0.29, 0.717) is 18.2 Å². The van der Waals surface area contributed by atoms with E-state index >= 15 is 0 Å². The second kappa shape index (κ2) is 8.89. The summed E-state index contributed by atoms with van der Waals surface area (Å²) in [5.41, 5.74) is 0. The van der Waals surface area contributed by atoms with Crippen molar-refractivity contribution in [2.24, 2.45) is 0 Å². The lowest BCUT2D eigenvalue weighted by Crippen LogP contribution is -2.53. The third kappa shape index (κ3) is 5.25. The number of hydrogen-bond donors (Lipinski definition) is 1. The number of hydrogen-bond acceptors (Lipinski definition) is 3. The lowest BCUT2D eigenvalue weighted by Gasteiger charge is -2.39. The minimum Gasteiger partial charge on any atom is -0.374 e. The molecule has 1 aliphatic rings. The van der Waals surface area contributed by atoms with Gasteiger partial charge in [0, 0.05) is 25.2 Å². The van der Waals surface area contributed by atoms with Gasteiger partial charge >= 0.3 is 0 Å². The van der Waals surface area contributed by atoms with E-state index < -0.39 is 0 Å². The minimum atomic E-state index is 0.374. The van der Waals surface area contributed by atoms with Crippen molar-refractivity contribution < 1.29 is 4.74 Å². The second-order valence-corrected chi connectivity index (χ2v) is 5.70. The maximum atomic E-state index is 6.01. The van der Waals surface area contributed by atoms with Gasteiger partial charge in [-0.1, -0.05) is 26.7 Å². The Hall–Kier alpha value is -0.120. The zero-order valence-electron chi connectivity index (χ0n) is 12.7. The maximum absolute atomic E-state index is 6.01. The van der Waals surface area contributed by atoms with Gasteiger partial charge in [0.25, 0.3) is 0 Å². The Balaban J connectivity index is 2.48. The lowest BCUT2D eigenvalue weighted by molar-refractivity contribution is -0.0567. The van der Waals surface area contributed by atoms with Crippen molar-refractivity contribution >= 4 is 0 Å². The van der Waals surface area contributed by atoms with Gasteiger partial charge in [-0.15, -0.1) is 0 Å². The van der Waals surface area contributed by atoms with Crippen LogP contribution >= 0.6 is 0 Å². The van der Waals surface area contributed by atoms with Crippen LogP contribution in [0.5, 0.6) is 0 Å². The van der Waals surface area contributed by atoms with Crippen molar-refractivity contribution in [3.63, 3.8) is 0 Å². The molecule has 2 atom stereocenters. The van der Waals surface area contributed by atoms with Crippen LogP contribution in [0.3, 0.4) is 0 Å². The van der Waals surface area contributed by atoms with Gasteiger partial charge in [0.05, 0.1) is 12.7 Å². The van der Waals surface area contributed by atoms with Crippen LogP contribution in [-0.2, 0) is 4.74 Å². The van der Waals surface area contributed by atoms with E-state index in [1.807, 2.05) is 0 Å². The molecule has 3 heteroatoms. The number of nitrogens with zero attached hydrogens (tertiary/aromatic N) is 1. The first-order valence-corrected chi connectivity index (χ1v) is 7.78.